The van der Waals surface area contributed by atoms with Gasteiger partial charge in [-0.1, -0.05) is 12.1 Å². The number of H-pyrrole nitrogens is 1. The van der Waals surface area contributed by atoms with Gasteiger partial charge in [-0.2, -0.15) is 26.3 Å². The quantitative estimate of drug-likeness (QED) is 0.557. The van der Waals surface area contributed by atoms with Gasteiger partial charge >= 0.3 is 18.3 Å². The SMILES string of the molecule is CC(C)(c1cccc(C(=O)O)n1)c1cccc(-c2nc(C(F)(F)F)c(C(F)(F)F)[nH]2)n1. The van der Waals surface area contributed by atoms with Gasteiger partial charge in [0, 0.05) is 5.41 Å². The van der Waals surface area contributed by atoms with E-state index in [9.17, 15) is 31.1 Å². The summed E-state index contributed by atoms with van der Waals surface area (Å²) < 4.78 is 78.3. The lowest BCUT2D eigenvalue weighted by atomic mass is 9.84. The predicted octanol–water partition coefficient (Wildman–Crippen LogP) is 4.93. The molecule has 3 heterocycles. The third kappa shape index (κ3) is 4.37. The third-order valence-corrected chi connectivity index (χ3v) is 4.50. The lowest BCUT2D eigenvalue weighted by Crippen LogP contribution is -2.23. The maximum atomic E-state index is 13.1. The minimum Gasteiger partial charge on any atom is -0.477 e. The summed E-state index contributed by atoms with van der Waals surface area (Å²) in [6, 6.07) is 8.39. The zero-order valence-corrected chi connectivity index (χ0v) is 15.9. The Kier molecular flexibility index (Phi) is 5.28. The monoisotopic (exact) mass is 444 g/mol. The molecule has 0 aliphatic carbocycles. The molecule has 31 heavy (non-hydrogen) atoms. The number of alkyl halides is 6. The van der Waals surface area contributed by atoms with Gasteiger partial charge < -0.3 is 10.1 Å². The van der Waals surface area contributed by atoms with Crippen LogP contribution in [0.25, 0.3) is 11.5 Å². The lowest BCUT2D eigenvalue weighted by Gasteiger charge is -2.24. The Balaban J connectivity index is 2.09. The first-order valence-corrected chi connectivity index (χ1v) is 8.64. The maximum Gasteiger partial charge on any atom is 0.435 e. The van der Waals surface area contributed by atoms with Crippen LogP contribution in [-0.4, -0.2) is 31.0 Å². The van der Waals surface area contributed by atoms with Gasteiger partial charge in [0.25, 0.3) is 0 Å². The molecule has 12 heteroatoms. The molecule has 3 aromatic rings. The zero-order chi connectivity index (χ0) is 23.2. The van der Waals surface area contributed by atoms with Crippen LogP contribution in [0.4, 0.5) is 26.3 Å². The molecular weight excluding hydrogens is 430 g/mol. The summed E-state index contributed by atoms with van der Waals surface area (Å²) >= 11 is 0. The van der Waals surface area contributed by atoms with Crippen molar-refractivity contribution in [3.8, 4) is 11.5 Å². The van der Waals surface area contributed by atoms with Gasteiger partial charge in [-0.3, -0.25) is 0 Å². The van der Waals surface area contributed by atoms with Crippen LogP contribution in [-0.2, 0) is 17.8 Å². The van der Waals surface area contributed by atoms with Gasteiger partial charge in [0.05, 0.1) is 11.4 Å². The Hall–Kier alpha value is -3.44. The number of hydrogen-bond acceptors (Lipinski definition) is 4. The molecular formula is C19H14F6N4O2. The van der Waals surface area contributed by atoms with Crippen molar-refractivity contribution >= 4 is 5.97 Å². The molecule has 0 spiro atoms. The van der Waals surface area contributed by atoms with E-state index in [1.54, 1.807) is 18.8 Å². The van der Waals surface area contributed by atoms with E-state index in [0.717, 1.165) is 0 Å². The first kappa shape index (κ1) is 22.2. The zero-order valence-electron chi connectivity index (χ0n) is 15.9. The van der Waals surface area contributed by atoms with Gasteiger partial charge in [0.1, 0.15) is 11.4 Å². The smallest absolute Gasteiger partial charge is 0.435 e. The molecule has 164 valence electrons. The van der Waals surface area contributed by atoms with E-state index < -0.39 is 40.9 Å². The highest BCUT2D eigenvalue weighted by molar-refractivity contribution is 5.85. The summed E-state index contributed by atoms with van der Waals surface area (Å²) in [4.78, 5) is 24.2. The number of aromatic carboxylic acids is 1. The molecule has 0 bridgehead atoms. The summed E-state index contributed by atoms with van der Waals surface area (Å²) in [5.41, 5.74) is -5.07. The minimum absolute atomic E-state index is 0.225. The number of imidazole rings is 1. The van der Waals surface area contributed by atoms with Gasteiger partial charge in [-0.05, 0) is 38.1 Å². The van der Waals surface area contributed by atoms with Gasteiger partial charge in [0.2, 0.25) is 0 Å². The fourth-order valence-electron chi connectivity index (χ4n) is 2.85. The summed E-state index contributed by atoms with van der Waals surface area (Å²) in [5.74, 6) is -1.96. The van der Waals surface area contributed by atoms with E-state index in [1.807, 2.05) is 0 Å². The number of aromatic nitrogens is 4. The van der Waals surface area contributed by atoms with Gasteiger partial charge in [-0.15, -0.1) is 0 Å². The average Bonchev–Trinajstić information content (AvgIpc) is 3.15. The van der Waals surface area contributed by atoms with E-state index in [2.05, 4.69) is 15.0 Å². The Morgan fingerprint density at radius 2 is 1.45 bits per heavy atom. The number of nitrogens with zero attached hydrogens (tertiary/aromatic N) is 3. The number of carboxylic acid groups (broad SMARTS) is 1. The molecule has 0 unspecified atom stereocenters. The van der Waals surface area contributed by atoms with Crippen molar-refractivity contribution in [2.24, 2.45) is 0 Å². The molecule has 0 atom stereocenters. The van der Waals surface area contributed by atoms with Crippen molar-refractivity contribution in [3.63, 3.8) is 0 Å². The number of carboxylic acids is 1. The highest BCUT2D eigenvalue weighted by atomic mass is 19.4. The highest BCUT2D eigenvalue weighted by Crippen LogP contribution is 2.40. The molecule has 0 aliphatic rings. The van der Waals surface area contributed by atoms with Crippen LogP contribution in [0.3, 0.4) is 0 Å². The summed E-state index contributed by atoms with van der Waals surface area (Å²) in [7, 11) is 0. The highest BCUT2D eigenvalue weighted by Gasteiger charge is 2.47. The summed E-state index contributed by atoms with van der Waals surface area (Å²) in [5, 5.41) is 9.12. The minimum atomic E-state index is -5.32. The molecule has 3 aromatic heterocycles. The normalized spacial score (nSPS) is 12.8. The van der Waals surface area contributed by atoms with Crippen molar-refractivity contribution in [2.75, 3.05) is 0 Å². The van der Waals surface area contributed by atoms with Crippen molar-refractivity contribution in [3.05, 3.63) is 64.9 Å². The van der Waals surface area contributed by atoms with E-state index in [1.165, 1.54) is 36.4 Å². The van der Waals surface area contributed by atoms with Crippen LogP contribution in [0, 0.1) is 0 Å². The summed E-state index contributed by atoms with van der Waals surface area (Å²) in [6.45, 7) is 3.27. The Morgan fingerprint density at radius 1 is 0.871 bits per heavy atom. The number of aromatic amines is 1. The molecule has 3 rings (SSSR count). The van der Waals surface area contributed by atoms with E-state index in [0.29, 0.717) is 5.69 Å². The van der Waals surface area contributed by atoms with E-state index >= 15 is 0 Å². The first-order valence-electron chi connectivity index (χ1n) is 8.64. The van der Waals surface area contributed by atoms with E-state index in [-0.39, 0.29) is 17.1 Å². The van der Waals surface area contributed by atoms with Crippen LogP contribution in [0.1, 0.15) is 47.1 Å². The second-order valence-electron chi connectivity index (χ2n) is 7.05. The maximum absolute atomic E-state index is 13.1. The molecule has 6 nitrogen and oxygen atoms in total. The van der Waals surface area contributed by atoms with Crippen molar-refractivity contribution in [1.29, 1.82) is 0 Å². The molecule has 0 fully saturated rings. The largest absolute Gasteiger partial charge is 0.477 e. The fraction of sp³-hybridized carbons (Fsp3) is 0.263. The molecule has 2 N–H and O–H groups in total. The van der Waals surface area contributed by atoms with Crippen LogP contribution in [0.5, 0.6) is 0 Å². The number of halogens is 6. The fourth-order valence-corrected chi connectivity index (χ4v) is 2.85. The standard InChI is InChI=1S/C19H14F6N4O2/c1-17(2,12-8-4-6-10(27-12)16(30)31)11-7-3-5-9(26-11)15-28-13(18(20,21)22)14(29-15)19(23,24)25/h3-8H,1-2H3,(H,28,29)(H,30,31). The Labute approximate surface area is 171 Å². The molecule has 0 saturated heterocycles. The average molecular weight is 444 g/mol. The third-order valence-electron chi connectivity index (χ3n) is 4.50. The number of nitrogens with one attached hydrogen (secondary N) is 1. The van der Waals surface area contributed by atoms with Crippen LogP contribution < -0.4 is 0 Å². The predicted molar refractivity (Wildman–Crippen MR) is 95.1 cm³/mol. The van der Waals surface area contributed by atoms with E-state index in [4.69, 9.17) is 5.11 Å². The first-order chi connectivity index (χ1) is 14.2. The lowest BCUT2D eigenvalue weighted by molar-refractivity contribution is -0.165. The number of hydrogen-bond donors (Lipinski definition) is 2. The number of pyridine rings is 2. The molecule has 0 aliphatic heterocycles. The van der Waals surface area contributed by atoms with Gasteiger partial charge in [0.15, 0.2) is 17.2 Å². The Morgan fingerprint density at radius 3 is 1.97 bits per heavy atom. The molecule has 0 aromatic carbocycles. The Bertz CT molecular complexity index is 1100. The molecule has 0 radical (unpaired) electrons. The van der Waals surface area contributed by atoms with Crippen molar-refractivity contribution in [1.82, 2.24) is 19.9 Å². The number of carbonyl (C=O) groups is 1. The van der Waals surface area contributed by atoms with Crippen LogP contribution in [0.2, 0.25) is 0 Å². The van der Waals surface area contributed by atoms with Crippen LogP contribution >= 0.6 is 0 Å². The van der Waals surface area contributed by atoms with Gasteiger partial charge in [-0.25, -0.2) is 19.7 Å². The summed E-state index contributed by atoms with van der Waals surface area (Å²) in [6.07, 6.45) is -10.6. The number of rotatable bonds is 4. The van der Waals surface area contributed by atoms with Crippen LogP contribution in [0.15, 0.2) is 36.4 Å². The second kappa shape index (κ2) is 7.36. The molecule has 0 saturated carbocycles. The second-order valence-corrected chi connectivity index (χ2v) is 7.05. The topological polar surface area (TPSA) is 91.8 Å². The van der Waals surface area contributed by atoms with Crippen molar-refractivity contribution in [2.45, 2.75) is 31.6 Å². The van der Waals surface area contributed by atoms with Crippen molar-refractivity contribution < 1.29 is 36.2 Å². The molecule has 0 amide bonds.